The summed E-state index contributed by atoms with van der Waals surface area (Å²) in [6.07, 6.45) is -0.281. The second kappa shape index (κ2) is 10.9. The highest BCUT2D eigenvalue weighted by atomic mass is 16.6. The van der Waals surface area contributed by atoms with E-state index in [0.29, 0.717) is 0 Å². The molecule has 0 saturated carbocycles. The van der Waals surface area contributed by atoms with Crippen molar-refractivity contribution in [3.8, 4) is 0 Å². The van der Waals surface area contributed by atoms with Crippen LogP contribution in [0, 0.1) is 0 Å². The molecular weight excluding hydrogens is 308 g/mol. The van der Waals surface area contributed by atoms with Gasteiger partial charge in [0.25, 0.3) is 0 Å². The van der Waals surface area contributed by atoms with Gasteiger partial charge in [0.05, 0.1) is 24.9 Å². The lowest BCUT2D eigenvalue weighted by Gasteiger charge is -2.26. The molecule has 23 heavy (non-hydrogen) atoms. The lowest BCUT2D eigenvalue weighted by molar-refractivity contribution is -0.144. The molecule has 0 saturated heterocycles. The van der Waals surface area contributed by atoms with E-state index in [4.69, 9.17) is 4.74 Å². The summed E-state index contributed by atoms with van der Waals surface area (Å²) in [5.41, 5.74) is -1.39. The van der Waals surface area contributed by atoms with Gasteiger partial charge in [-0.15, -0.1) is 0 Å². The Morgan fingerprint density at radius 1 is 1.04 bits per heavy atom. The van der Waals surface area contributed by atoms with Gasteiger partial charge >= 0.3 is 11.9 Å². The maximum atomic E-state index is 10.9. The normalized spacial score (nSPS) is 15.8. The first-order chi connectivity index (χ1) is 10.7. The number of hydrogen-bond donors (Lipinski definition) is 3. The third kappa shape index (κ3) is 11.5. The zero-order valence-corrected chi connectivity index (χ0v) is 13.1. The number of rotatable bonds is 12. The molecule has 3 atom stereocenters. The number of aliphatic hydroxyl groups is 3. The number of carbonyl (C=O) groups excluding carboxylic acids is 2. The van der Waals surface area contributed by atoms with Gasteiger partial charge in [0.15, 0.2) is 0 Å². The molecule has 0 aromatic rings. The van der Waals surface area contributed by atoms with E-state index in [-0.39, 0.29) is 32.8 Å². The SMILES string of the molecule is C=CC(=O)OCC(O)COCC(C)(O)CC(O)COC(=O)C=C. The van der Waals surface area contributed by atoms with Gasteiger partial charge < -0.3 is 29.5 Å². The zero-order chi connectivity index (χ0) is 17.9. The number of ether oxygens (including phenoxy) is 3. The molecule has 0 fully saturated rings. The van der Waals surface area contributed by atoms with Gasteiger partial charge in [0, 0.05) is 18.6 Å². The Kier molecular flexibility index (Phi) is 10.1. The van der Waals surface area contributed by atoms with Gasteiger partial charge in [-0.25, -0.2) is 9.59 Å². The van der Waals surface area contributed by atoms with E-state index < -0.39 is 29.7 Å². The largest absolute Gasteiger partial charge is 0.460 e. The predicted octanol–water partition coefficient (Wildman–Crippen LogP) is -0.676. The van der Waals surface area contributed by atoms with Gasteiger partial charge in [-0.3, -0.25) is 0 Å². The van der Waals surface area contributed by atoms with Crippen LogP contribution in [0.25, 0.3) is 0 Å². The van der Waals surface area contributed by atoms with Crippen LogP contribution >= 0.6 is 0 Å². The highest BCUT2D eigenvalue weighted by molar-refractivity contribution is 5.81. The van der Waals surface area contributed by atoms with E-state index in [1.54, 1.807) is 0 Å². The summed E-state index contributed by atoms with van der Waals surface area (Å²) in [5.74, 6) is -1.33. The summed E-state index contributed by atoms with van der Waals surface area (Å²) in [7, 11) is 0. The second-order valence-corrected chi connectivity index (χ2v) is 5.19. The Bertz CT molecular complexity index is 404. The van der Waals surface area contributed by atoms with E-state index in [9.17, 15) is 24.9 Å². The first kappa shape index (κ1) is 21.3. The fourth-order valence-electron chi connectivity index (χ4n) is 1.56. The molecule has 0 rings (SSSR count). The lowest BCUT2D eigenvalue weighted by atomic mass is 10.00. The van der Waals surface area contributed by atoms with Crippen molar-refractivity contribution in [3.63, 3.8) is 0 Å². The molecular formula is C15H24O8. The molecule has 0 aromatic heterocycles. The van der Waals surface area contributed by atoms with E-state index >= 15 is 0 Å². The molecule has 0 heterocycles. The smallest absolute Gasteiger partial charge is 0.330 e. The summed E-state index contributed by atoms with van der Waals surface area (Å²) in [6, 6.07) is 0. The van der Waals surface area contributed by atoms with E-state index in [0.717, 1.165) is 12.2 Å². The summed E-state index contributed by atoms with van der Waals surface area (Å²) in [4.78, 5) is 21.7. The standard InChI is InChI=1S/C15H24O8/c1-4-13(18)22-8-11(16)6-15(3,20)10-21-7-12(17)9-23-14(19)5-2/h4-5,11-12,16-17,20H,1-2,6-10H2,3H3. The molecule has 3 unspecified atom stereocenters. The second-order valence-electron chi connectivity index (χ2n) is 5.19. The molecule has 0 bridgehead atoms. The van der Waals surface area contributed by atoms with Gasteiger partial charge in [-0.2, -0.15) is 0 Å². The molecule has 0 aliphatic rings. The van der Waals surface area contributed by atoms with Crippen molar-refractivity contribution in [2.75, 3.05) is 26.4 Å². The molecule has 0 aliphatic carbocycles. The van der Waals surface area contributed by atoms with Crippen molar-refractivity contribution < 1.29 is 39.1 Å². The first-order valence-corrected chi connectivity index (χ1v) is 6.95. The summed E-state index contributed by atoms with van der Waals surface area (Å²) in [5, 5.41) is 29.2. The Hall–Kier alpha value is -1.74. The molecule has 8 nitrogen and oxygen atoms in total. The number of hydrogen-bond acceptors (Lipinski definition) is 8. The molecule has 0 aliphatic heterocycles. The minimum absolute atomic E-state index is 0.0982. The van der Waals surface area contributed by atoms with Crippen LogP contribution < -0.4 is 0 Å². The van der Waals surface area contributed by atoms with E-state index in [1.807, 2.05) is 0 Å². The van der Waals surface area contributed by atoms with Crippen molar-refractivity contribution in [1.29, 1.82) is 0 Å². The van der Waals surface area contributed by atoms with Crippen molar-refractivity contribution >= 4 is 11.9 Å². The van der Waals surface area contributed by atoms with Crippen LogP contribution in [-0.4, -0.2) is 71.5 Å². The van der Waals surface area contributed by atoms with Crippen molar-refractivity contribution in [2.24, 2.45) is 0 Å². The van der Waals surface area contributed by atoms with Gasteiger partial charge in [0.2, 0.25) is 0 Å². The predicted molar refractivity (Wildman–Crippen MR) is 80.4 cm³/mol. The van der Waals surface area contributed by atoms with Gasteiger partial charge in [0.1, 0.15) is 19.3 Å². The third-order valence-electron chi connectivity index (χ3n) is 2.57. The fraction of sp³-hybridized carbons (Fsp3) is 0.600. The number of aliphatic hydroxyl groups excluding tert-OH is 2. The van der Waals surface area contributed by atoms with E-state index in [1.165, 1.54) is 6.92 Å². The highest BCUT2D eigenvalue weighted by Crippen LogP contribution is 2.13. The monoisotopic (exact) mass is 332 g/mol. The summed E-state index contributed by atoms with van der Waals surface area (Å²) >= 11 is 0. The van der Waals surface area contributed by atoms with Crippen LogP contribution in [0.2, 0.25) is 0 Å². The van der Waals surface area contributed by atoms with Crippen LogP contribution in [0.3, 0.4) is 0 Å². The molecule has 0 amide bonds. The van der Waals surface area contributed by atoms with Crippen LogP contribution in [0.5, 0.6) is 0 Å². The lowest BCUT2D eigenvalue weighted by Crippen LogP contribution is -2.38. The van der Waals surface area contributed by atoms with Crippen LogP contribution in [-0.2, 0) is 23.8 Å². The fourth-order valence-corrected chi connectivity index (χ4v) is 1.56. The molecule has 0 aromatic carbocycles. The Morgan fingerprint density at radius 3 is 2.00 bits per heavy atom. The van der Waals surface area contributed by atoms with Crippen molar-refractivity contribution in [3.05, 3.63) is 25.3 Å². The maximum Gasteiger partial charge on any atom is 0.330 e. The topological polar surface area (TPSA) is 123 Å². The number of carbonyl (C=O) groups is 2. The van der Waals surface area contributed by atoms with Gasteiger partial charge in [-0.1, -0.05) is 13.2 Å². The quantitative estimate of drug-likeness (QED) is 0.317. The van der Waals surface area contributed by atoms with Crippen LogP contribution in [0.15, 0.2) is 25.3 Å². The zero-order valence-electron chi connectivity index (χ0n) is 13.1. The maximum absolute atomic E-state index is 10.9. The first-order valence-electron chi connectivity index (χ1n) is 6.95. The minimum Gasteiger partial charge on any atom is -0.460 e. The van der Waals surface area contributed by atoms with Gasteiger partial charge in [-0.05, 0) is 6.92 Å². The molecule has 3 N–H and O–H groups in total. The minimum atomic E-state index is -1.39. The Morgan fingerprint density at radius 2 is 1.52 bits per heavy atom. The molecule has 8 heteroatoms. The summed E-state index contributed by atoms with van der Waals surface area (Å²) in [6.45, 7) is 6.98. The van der Waals surface area contributed by atoms with Crippen molar-refractivity contribution in [1.82, 2.24) is 0 Å². The van der Waals surface area contributed by atoms with E-state index in [2.05, 4.69) is 22.6 Å². The van der Waals surface area contributed by atoms with Crippen LogP contribution in [0.4, 0.5) is 0 Å². The average Bonchev–Trinajstić information content (AvgIpc) is 2.49. The molecule has 132 valence electrons. The molecule has 0 radical (unpaired) electrons. The Labute approximate surface area is 135 Å². The summed E-state index contributed by atoms with van der Waals surface area (Å²) < 4.78 is 14.4. The van der Waals surface area contributed by atoms with Crippen LogP contribution in [0.1, 0.15) is 13.3 Å². The third-order valence-corrected chi connectivity index (χ3v) is 2.57. The molecule has 0 spiro atoms. The number of esters is 2. The van der Waals surface area contributed by atoms with Crippen molar-refractivity contribution in [2.45, 2.75) is 31.2 Å². The highest BCUT2D eigenvalue weighted by Gasteiger charge is 2.26. The average molecular weight is 332 g/mol. The Balaban J connectivity index is 3.97.